The number of hydrogen-bond donors (Lipinski definition) is 2. The van der Waals surface area contributed by atoms with Crippen molar-refractivity contribution in [1.82, 2.24) is 5.32 Å². The summed E-state index contributed by atoms with van der Waals surface area (Å²) in [5.74, 6) is 0.565. The number of carbonyl (C=O) groups is 1. The van der Waals surface area contributed by atoms with E-state index >= 15 is 0 Å². The monoisotopic (exact) mass is 314 g/mol. The fraction of sp³-hybridized carbons (Fsp3) is 0.938. The molecular weight excluding hydrogens is 280 g/mol. The molecule has 1 unspecified atom stereocenters. The van der Waals surface area contributed by atoms with Gasteiger partial charge in [-0.25, -0.2) is 0 Å². The lowest BCUT2D eigenvalue weighted by Crippen LogP contribution is -2.49. The molecule has 0 radical (unpaired) electrons. The maximum atomic E-state index is 12.1. The normalized spacial score (nSPS) is 19.3. The minimum Gasteiger partial charge on any atom is -0.415 e. The van der Waals surface area contributed by atoms with Crippen LogP contribution >= 0.6 is 0 Å². The lowest BCUT2D eigenvalue weighted by Gasteiger charge is -2.36. The van der Waals surface area contributed by atoms with Crippen molar-refractivity contribution in [2.45, 2.75) is 77.0 Å². The highest BCUT2D eigenvalue weighted by Gasteiger charge is 2.37. The average molecular weight is 315 g/mol. The first-order chi connectivity index (χ1) is 9.63. The summed E-state index contributed by atoms with van der Waals surface area (Å²) in [5, 5.41) is 3.14. The first-order valence-corrected chi connectivity index (χ1v) is 11.2. The molecule has 124 valence electrons. The van der Waals surface area contributed by atoms with Crippen LogP contribution in [0.4, 0.5) is 0 Å². The third-order valence-electron chi connectivity index (χ3n) is 5.06. The molecule has 0 saturated heterocycles. The van der Waals surface area contributed by atoms with Gasteiger partial charge in [0, 0.05) is 6.54 Å². The fourth-order valence-electron chi connectivity index (χ4n) is 2.36. The van der Waals surface area contributed by atoms with Gasteiger partial charge in [-0.3, -0.25) is 4.79 Å². The zero-order valence-electron chi connectivity index (χ0n) is 14.5. The zero-order valence-corrected chi connectivity index (χ0v) is 15.5. The van der Waals surface area contributed by atoms with Crippen LogP contribution in [0.2, 0.25) is 18.1 Å². The van der Waals surface area contributed by atoms with Crippen LogP contribution in [0.15, 0.2) is 0 Å². The highest BCUT2D eigenvalue weighted by atomic mass is 28.4. The molecule has 5 heteroatoms. The number of carbonyl (C=O) groups excluding carboxylic acids is 1. The minimum atomic E-state index is -1.83. The quantitative estimate of drug-likeness (QED) is 0.741. The molecule has 1 fully saturated rings. The molecule has 1 aliphatic carbocycles. The van der Waals surface area contributed by atoms with Gasteiger partial charge in [-0.1, -0.05) is 40.0 Å². The fourth-order valence-corrected chi connectivity index (χ4v) is 3.39. The molecule has 0 heterocycles. The summed E-state index contributed by atoms with van der Waals surface area (Å²) < 4.78 is 6.02. The van der Waals surface area contributed by atoms with Gasteiger partial charge in [0.2, 0.25) is 5.91 Å². The maximum absolute atomic E-state index is 12.1. The summed E-state index contributed by atoms with van der Waals surface area (Å²) >= 11 is 0. The van der Waals surface area contributed by atoms with E-state index in [-0.39, 0.29) is 10.9 Å². The average Bonchev–Trinajstić information content (AvgIpc) is 2.42. The third kappa shape index (κ3) is 6.08. The molecule has 3 N–H and O–H groups in total. The van der Waals surface area contributed by atoms with Crippen molar-refractivity contribution < 1.29 is 9.22 Å². The predicted molar refractivity (Wildman–Crippen MR) is 90.7 cm³/mol. The van der Waals surface area contributed by atoms with E-state index in [2.05, 4.69) is 39.2 Å². The number of hydrogen-bond acceptors (Lipinski definition) is 3. The second kappa shape index (κ2) is 7.74. The maximum Gasteiger partial charge on any atom is 0.239 e. The molecule has 0 aromatic carbocycles. The second-order valence-corrected chi connectivity index (χ2v) is 12.7. The molecule has 1 rings (SSSR count). The van der Waals surface area contributed by atoms with Crippen molar-refractivity contribution in [2.75, 3.05) is 13.2 Å². The van der Waals surface area contributed by atoms with Gasteiger partial charge in [0.25, 0.3) is 0 Å². The lowest BCUT2D eigenvalue weighted by atomic mass is 9.89. The first kappa shape index (κ1) is 18.7. The van der Waals surface area contributed by atoms with Gasteiger partial charge in [0.05, 0.1) is 6.61 Å². The van der Waals surface area contributed by atoms with Crippen molar-refractivity contribution in [2.24, 2.45) is 11.7 Å². The topological polar surface area (TPSA) is 64.3 Å². The SMILES string of the molecule is CC(C)(C)[Si](C)(C)OCC(N)C(=O)NCC1CCCCC1. The molecular formula is C16H34N2O2Si. The third-order valence-corrected chi connectivity index (χ3v) is 9.56. The largest absolute Gasteiger partial charge is 0.415 e. The molecule has 1 aliphatic rings. The molecule has 1 amide bonds. The van der Waals surface area contributed by atoms with Gasteiger partial charge in [0.15, 0.2) is 8.32 Å². The Balaban J connectivity index is 2.30. The van der Waals surface area contributed by atoms with E-state index in [0.717, 1.165) is 6.54 Å². The van der Waals surface area contributed by atoms with Crippen LogP contribution in [0.1, 0.15) is 52.9 Å². The summed E-state index contributed by atoms with van der Waals surface area (Å²) in [4.78, 5) is 12.1. The van der Waals surface area contributed by atoms with Gasteiger partial charge in [-0.15, -0.1) is 0 Å². The Kier molecular flexibility index (Phi) is 6.88. The van der Waals surface area contributed by atoms with E-state index in [1.165, 1.54) is 32.1 Å². The summed E-state index contributed by atoms with van der Waals surface area (Å²) in [6, 6.07) is -0.553. The van der Waals surface area contributed by atoms with Crippen molar-refractivity contribution in [3.63, 3.8) is 0 Å². The van der Waals surface area contributed by atoms with E-state index < -0.39 is 14.4 Å². The van der Waals surface area contributed by atoms with Crippen molar-refractivity contribution in [3.05, 3.63) is 0 Å². The Bertz CT molecular complexity index is 334. The number of amides is 1. The molecule has 0 aromatic rings. The summed E-state index contributed by atoms with van der Waals surface area (Å²) in [5.41, 5.74) is 5.97. The summed E-state index contributed by atoms with van der Waals surface area (Å²) in [6.45, 7) is 12.0. The van der Waals surface area contributed by atoms with E-state index in [9.17, 15) is 4.79 Å². The van der Waals surface area contributed by atoms with Crippen molar-refractivity contribution in [1.29, 1.82) is 0 Å². The van der Waals surface area contributed by atoms with Crippen LogP contribution in [0.5, 0.6) is 0 Å². The smallest absolute Gasteiger partial charge is 0.239 e. The summed E-state index contributed by atoms with van der Waals surface area (Å²) in [7, 11) is -1.83. The minimum absolute atomic E-state index is 0.0701. The Labute approximate surface area is 131 Å². The Morgan fingerprint density at radius 3 is 2.38 bits per heavy atom. The highest BCUT2D eigenvalue weighted by Crippen LogP contribution is 2.36. The number of rotatable bonds is 6. The second-order valence-electron chi connectivity index (χ2n) is 7.93. The van der Waals surface area contributed by atoms with Gasteiger partial charge >= 0.3 is 0 Å². The lowest BCUT2D eigenvalue weighted by molar-refractivity contribution is -0.123. The Morgan fingerprint density at radius 2 is 1.86 bits per heavy atom. The van der Waals surface area contributed by atoms with Gasteiger partial charge in [-0.2, -0.15) is 0 Å². The van der Waals surface area contributed by atoms with Crippen LogP contribution in [-0.2, 0) is 9.22 Å². The highest BCUT2D eigenvalue weighted by molar-refractivity contribution is 6.74. The molecule has 4 nitrogen and oxygen atoms in total. The molecule has 0 aliphatic heterocycles. The molecule has 0 bridgehead atoms. The molecule has 21 heavy (non-hydrogen) atoms. The van der Waals surface area contributed by atoms with Crippen LogP contribution in [0.3, 0.4) is 0 Å². The number of nitrogens with two attached hydrogens (primary N) is 1. The van der Waals surface area contributed by atoms with E-state index in [1.807, 2.05) is 0 Å². The molecule has 0 spiro atoms. The zero-order chi connectivity index (χ0) is 16.1. The van der Waals surface area contributed by atoms with Crippen LogP contribution in [0.25, 0.3) is 0 Å². The molecule has 0 aromatic heterocycles. The Morgan fingerprint density at radius 1 is 1.29 bits per heavy atom. The van der Waals surface area contributed by atoms with Gasteiger partial charge in [-0.05, 0) is 36.9 Å². The van der Waals surface area contributed by atoms with Gasteiger partial charge < -0.3 is 15.5 Å². The van der Waals surface area contributed by atoms with Crippen LogP contribution in [-0.4, -0.2) is 33.4 Å². The predicted octanol–water partition coefficient (Wildman–Crippen LogP) is 3.03. The van der Waals surface area contributed by atoms with Gasteiger partial charge in [0.1, 0.15) is 6.04 Å². The molecule has 1 atom stereocenters. The van der Waals surface area contributed by atoms with Crippen molar-refractivity contribution >= 4 is 14.2 Å². The van der Waals surface area contributed by atoms with Crippen LogP contribution < -0.4 is 11.1 Å². The standard InChI is InChI=1S/C16H34N2O2Si/c1-16(2,3)21(4,5)20-12-14(17)15(19)18-11-13-9-7-6-8-10-13/h13-14H,6-12,17H2,1-5H3,(H,18,19). The van der Waals surface area contributed by atoms with Crippen molar-refractivity contribution in [3.8, 4) is 0 Å². The van der Waals surface area contributed by atoms with Crippen LogP contribution in [0, 0.1) is 5.92 Å². The van der Waals surface area contributed by atoms with E-state index in [4.69, 9.17) is 10.2 Å². The number of nitrogens with one attached hydrogen (secondary N) is 1. The van der Waals surface area contributed by atoms with E-state index in [1.54, 1.807) is 0 Å². The first-order valence-electron chi connectivity index (χ1n) is 8.31. The summed E-state index contributed by atoms with van der Waals surface area (Å²) in [6.07, 6.45) is 6.39. The molecule has 1 saturated carbocycles. The van der Waals surface area contributed by atoms with E-state index in [0.29, 0.717) is 12.5 Å². The Hall–Kier alpha value is -0.393.